The maximum Gasteiger partial charge on any atom is 0.314 e. The summed E-state index contributed by atoms with van der Waals surface area (Å²) < 4.78 is 10.5. The largest absolute Gasteiger partial charge is 0.497 e. The fraction of sp³-hybridized carbons (Fsp3) is 0.300. The minimum atomic E-state index is -0.556. The Balaban J connectivity index is 1.83. The Morgan fingerprint density at radius 3 is 2.64 bits per heavy atom. The Hall–Kier alpha value is -2.82. The molecule has 0 spiro atoms. The highest BCUT2D eigenvalue weighted by atomic mass is 16.5. The average molecular weight is 341 g/mol. The van der Waals surface area contributed by atoms with E-state index in [1.54, 1.807) is 7.11 Å². The Labute approximate surface area is 147 Å². The van der Waals surface area contributed by atoms with Crippen molar-refractivity contribution in [3.63, 3.8) is 0 Å². The zero-order valence-electron chi connectivity index (χ0n) is 14.3. The molecular formula is C20H23NO4. The smallest absolute Gasteiger partial charge is 0.314 e. The average Bonchev–Trinajstić information content (AvgIpc) is 2.66. The van der Waals surface area contributed by atoms with E-state index in [4.69, 9.17) is 14.7 Å². The third kappa shape index (κ3) is 6.30. The Bertz CT molecular complexity index is 685. The van der Waals surface area contributed by atoms with E-state index < -0.39 is 5.92 Å². The maximum atomic E-state index is 12.2. The van der Waals surface area contributed by atoms with Crippen LogP contribution in [0.2, 0.25) is 0 Å². The number of hydrogen-bond acceptors (Lipinski definition) is 5. The highest BCUT2D eigenvalue weighted by molar-refractivity contribution is 5.89. The van der Waals surface area contributed by atoms with Gasteiger partial charge in [0.2, 0.25) is 0 Å². The van der Waals surface area contributed by atoms with Crippen LogP contribution in [0.1, 0.15) is 24.0 Å². The summed E-state index contributed by atoms with van der Waals surface area (Å²) in [6, 6.07) is 17.3. The highest BCUT2D eigenvalue weighted by Gasteiger charge is 2.18. The molecule has 0 aromatic heterocycles. The number of hydrogen-bond donors (Lipinski definition) is 1. The second kappa shape index (κ2) is 10.1. The molecule has 0 bridgehead atoms. The van der Waals surface area contributed by atoms with Crippen molar-refractivity contribution in [2.75, 3.05) is 7.11 Å². The lowest BCUT2D eigenvalue weighted by Crippen LogP contribution is -2.19. The third-order valence-electron chi connectivity index (χ3n) is 3.89. The molecule has 0 saturated carbocycles. The summed E-state index contributed by atoms with van der Waals surface area (Å²) in [5.74, 6) is -0.125. The van der Waals surface area contributed by atoms with E-state index in [-0.39, 0.29) is 12.6 Å². The molecule has 1 unspecified atom stereocenters. The van der Waals surface area contributed by atoms with Crippen molar-refractivity contribution in [2.45, 2.75) is 25.9 Å². The van der Waals surface area contributed by atoms with Crippen LogP contribution in [0, 0.1) is 5.92 Å². The van der Waals surface area contributed by atoms with Gasteiger partial charge in [0.1, 0.15) is 12.4 Å². The first kappa shape index (κ1) is 18.5. The fourth-order valence-corrected chi connectivity index (χ4v) is 2.52. The molecule has 5 nitrogen and oxygen atoms in total. The molecule has 2 rings (SSSR count). The quantitative estimate of drug-likeness (QED) is 0.326. The number of oxime groups is 1. The Morgan fingerprint density at radius 2 is 1.92 bits per heavy atom. The van der Waals surface area contributed by atoms with E-state index in [1.807, 2.05) is 54.6 Å². The van der Waals surface area contributed by atoms with Gasteiger partial charge in [-0.2, -0.15) is 0 Å². The second-order valence-corrected chi connectivity index (χ2v) is 5.71. The topological polar surface area (TPSA) is 68.1 Å². The van der Waals surface area contributed by atoms with Crippen molar-refractivity contribution in [3.05, 3.63) is 65.7 Å². The lowest BCUT2D eigenvalue weighted by molar-refractivity contribution is -0.147. The first-order valence-corrected chi connectivity index (χ1v) is 8.24. The summed E-state index contributed by atoms with van der Waals surface area (Å²) in [6.45, 7) is 0.214. The van der Waals surface area contributed by atoms with E-state index in [0.29, 0.717) is 6.42 Å². The Morgan fingerprint density at radius 1 is 1.16 bits per heavy atom. The minimum Gasteiger partial charge on any atom is -0.497 e. The predicted molar refractivity (Wildman–Crippen MR) is 95.9 cm³/mol. The van der Waals surface area contributed by atoms with E-state index >= 15 is 0 Å². The SMILES string of the molecule is COc1cccc(CCCC(/C=N\O)C(=O)OCc2ccccc2)c1. The van der Waals surface area contributed by atoms with Crippen molar-refractivity contribution in [3.8, 4) is 5.75 Å². The van der Waals surface area contributed by atoms with Gasteiger partial charge in [-0.3, -0.25) is 4.79 Å². The second-order valence-electron chi connectivity index (χ2n) is 5.71. The van der Waals surface area contributed by atoms with Crippen molar-refractivity contribution in [1.29, 1.82) is 0 Å². The van der Waals surface area contributed by atoms with Crippen LogP contribution in [-0.4, -0.2) is 24.5 Å². The molecule has 1 atom stereocenters. The number of methoxy groups -OCH3 is 1. The molecule has 0 radical (unpaired) electrons. The van der Waals surface area contributed by atoms with Crippen LogP contribution in [0.15, 0.2) is 59.8 Å². The molecule has 5 heteroatoms. The molecule has 0 heterocycles. The zero-order valence-corrected chi connectivity index (χ0v) is 14.3. The molecule has 0 amide bonds. The summed E-state index contributed by atoms with van der Waals surface area (Å²) in [4.78, 5) is 12.2. The normalized spacial score (nSPS) is 12.0. The van der Waals surface area contributed by atoms with Crippen LogP contribution < -0.4 is 4.74 Å². The first-order chi connectivity index (χ1) is 12.2. The number of carbonyl (C=O) groups excluding carboxylic acids is 1. The van der Waals surface area contributed by atoms with E-state index in [0.717, 1.165) is 29.7 Å². The number of nitrogens with zero attached hydrogens (tertiary/aromatic N) is 1. The van der Waals surface area contributed by atoms with Gasteiger partial charge in [0.25, 0.3) is 0 Å². The minimum absolute atomic E-state index is 0.214. The monoisotopic (exact) mass is 341 g/mol. The predicted octanol–water partition coefficient (Wildman–Crippen LogP) is 3.84. The molecule has 0 aliphatic heterocycles. The van der Waals surface area contributed by atoms with Crippen LogP contribution >= 0.6 is 0 Å². The van der Waals surface area contributed by atoms with E-state index in [2.05, 4.69) is 5.16 Å². The molecule has 2 aromatic carbocycles. The van der Waals surface area contributed by atoms with Crippen molar-refractivity contribution < 1.29 is 19.5 Å². The lowest BCUT2D eigenvalue weighted by Gasteiger charge is -2.12. The van der Waals surface area contributed by atoms with Crippen LogP contribution in [0.25, 0.3) is 0 Å². The fourth-order valence-electron chi connectivity index (χ4n) is 2.52. The van der Waals surface area contributed by atoms with Gasteiger partial charge in [-0.1, -0.05) is 42.5 Å². The number of esters is 1. The van der Waals surface area contributed by atoms with Gasteiger partial charge in [0, 0.05) is 0 Å². The van der Waals surface area contributed by atoms with Crippen LogP contribution in [0.4, 0.5) is 0 Å². The standard InChI is InChI=1S/C20H23NO4/c1-24-19-12-6-10-16(13-19)9-5-11-18(14-21-23)20(22)25-15-17-7-3-2-4-8-17/h2-4,6-8,10,12-14,18,23H,5,9,11,15H2,1H3/b21-14-. The highest BCUT2D eigenvalue weighted by Crippen LogP contribution is 2.17. The maximum absolute atomic E-state index is 12.2. The lowest BCUT2D eigenvalue weighted by atomic mass is 10.0. The van der Waals surface area contributed by atoms with Gasteiger partial charge in [-0.05, 0) is 42.5 Å². The molecule has 0 saturated heterocycles. The van der Waals surface area contributed by atoms with Gasteiger partial charge in [0.15, 0.2) is 0 Å². The molecule has 132 valence electrons. The Kier molecular flexibility index (Phi) is 7.50. The number of rotatable bonds is 9. The number of ether oxygens (including phenoxy) is 2. The zero-order chi connectivity index (χ0) is 17.9. The van der Waals surface area contributed by atoms with Gasteiger partial charge in [-0.15, -0.1) is 5.16 Å². The van der Waals surface area contributed by atoms with Crippen molar-refractivity contribution in [1.82, 2.24) is 0 Å². The molecule has 1 N–H and O–H groups in total. The summed E-state index contributed by atoms with van der Waals surface area (Å²) in [6.07, 6.45) is 3.36. The van der Waals surface area contributed by atoms with Crippen molar-refractivity contribution >= 4 is 12.2 Å². The van der Waals surface area contributed by atoms with Gasteiger partial charge < -0.3 is 14.7 Å². The van der Waals surface area contributed by atoms with E-state index in [1.165, 1.54) is 6.21 Å². The first-order valence-electron chi connectivity index (χ1n) is 8.24. The van der Waals surface area contributed by atoms with Gasteiger partial charge in [0.05, 0.1) is 19.2 Å². The molecule has 0 aliphatic carbocycles. The van der Waals surface area contributed by atoms with Crippen LogP contribution in [0.3, 0.4) is 0 Å². The number of carbonyl (C=O) groups is 1. The summed E-state index contributed by atoms with van der Waals surface area (Å²) in [5.41, 5.74) is 2.06. The van der Waals surface area contributed by atoms with Crippen LogP contribution in [-0.2, 0) is 22.6 Å². The van der Waals surface area contributed by atoms with Gasteiger partial charge >= 0.3 is 5.97 Å². The summed E-state index contributed by atoms with van der Waals surface area (Å²) >= 11 is 0. The molecule has 25 heavy (non-hydrogen) atoms. The third-order valence-corrected chi connectivity index (χ3v) is 3.89. The molecule has 2 aromatic rings. The number of benzene rings is 2. The number of aryl methyl sites for hydroxylation is 1. The summed E-state index contributed by atoms with van der Waals surface area (Å²) in [5, 5.41) is 11.8. The molecular weight excluding hydrogens is 318 g/mol. The summed E-state index contributed by atoms with van der Waals surface area (Å²) in [7, 11) is 1.63. The van der Waals surface area contributed by atoms with Crippen molar-refractivity contribution in [2.24, 2.45) is 11.1 Å². The van der Waals surface area contributed by atoms with Crippen LogP contribution in [0.5, 0.6) is 5.75 Å². The molecule has 0 fully saturated rings. The van der Waals surface area contributed by atoms with Gasteiger partial charge in [-0.25, -0.2) is 0 Å². The molecule has 0 aliphatic rings. The van der Waals surface area contributed by atoms with E-state index in [9.17, 15) is 4.79 Å².